The second-order valence-electron chi connectivity index (χ2n) is 8.95. The summed E-state index contributed by atoms with van der Waals surface area (Å²) in [7, 11) is 1.98. The van der Waals surface area contributed by atoms with Crippen molar-refractivity contribution in [3.8, 4) is 5.75 Å². The monoisotopic (exact) mass is 399 g/mol. The lowest BCUT2D eigenvalue weighted by Gasteiger charge is -2.59. The van der Waals surface area contributed by atoms with Crippen molar-refractivity contribution in [3.05, 3.63) is 47.2 Å². The number of hydrogen-bond acceptors (Lipinski definition) is 3. The molecule has 1 aromatic heterocycles. The molecule has 4 fully saturated rings. The lowest BCUT2D eigenvalue weighted by Crippen LogP contribution is -2.60. The number of halogens is 1. The Balaban J connectivity index is 1.28. The smallest absolute Gasteiger partial charge is 0.274 e. The van der Waals surface area contributed by atoms with Crippen LogP contribution < -0.4 is 4.74 Å². The van der Waals surface area contributed by atoms with Gasteiger partial charge in [0.25, 0.3) is 5.91 Å². The highest BCUT2D eigenvalue weighted by molar-refractivity contribution is 6.32. The van der Waals surface area contributed by atoms with Crippen LogP contribution in [0.15, 0.2) is 36.5 Å². The molecule has 6 heteroatoms. The third-order valence-corrected chi connectivity index (χ3v) is 7.38. The number of nitrogens with zero attached hydrogens (tertiary/aromatic N) is 3. The van der Waals surface area contributed by atoms with Crippen LogP contribution in [0.3, 0.4) is 0 Å². The molecule has 148 valence electrons. The van der Waals surface area contributed by atoms with Crippen molar-refractivity contribution in [2.75, 3.05) is 7.05 Å². The SMILES string of the molecule is CN(C(=O)c1ccn(COc2ccccc2Cl)n1)C12CC3CC(CC(C3)C1)C2. The van der Waals surface area contributed by atoms with Gasteiger partial charge in [0, 0.05) is 18.8 Å². The average molecular weight is 400 g/mol. The van der Waals surface area contributed by atoms with Gasteiger partial charge in [-0.2, -0.15) is 5.10 Å². The molecule has 0 aliphatic heterocycles. The molecular formula is C22H26ClN3O2. The van der Waals surface area contributed by atoms with Crippen LogP contribution >= 0.6 is 11.6 Å². The predicted molar refractivity (Wildman–Crippen MR) is 107 cm³/mol. The van der Waals surface area contributed by atoms with Crippen LogP contribution in [0.1, 0.15) is 49.0 Å². The number of carbonyl (C=O) groups is 1. The van der Waals surface area contributed by atoms with Crippen LogP contribution in [0.5, 0.6) is 5.75 Å². The van der Waals surface area contributed by atoms with Crippen molar-refractivity contribution in [1.82, 2.24) is 14.7 Å². The largest absolute Gasteiger partial charge is 0.470 e. The molecule has 5 nitrogen and oxygen atoms in total. The Morgan fingerprint density at radius 1 is 1.18 bits per heavy atom. The first-order valence-corrected chi connectivity index (χ1v) is 10.6. The van der Waals surface area contributed by atoms with E-state index in [1.165, 1.54) is 38.5 Å². The molecule has 0 saturated heterocycles. The van der Waals surface area contributed by atoms with E-state index < -0.39 is 0 Å². The first-order chi connectivity index (χ1) is 13.5. The molecule has 1 aromatic carbocycles. The lowest BCUT2D eigenvalue weighted by molar-refractivity contribution is -0.0667. The molecule has 0 radical (unpaired) electrons. The predicted octanol–water partition coefficient (Wildman–Crippen LogP) is 4.61. The summed E-state index contributed by atoms with van der Waals surface area (Å²) in [5.41, 5.74) is 0.532. The Hall–Kier alpha value is -2.01. The van der Waals surface area contributed by atoms with E-state index in [0.717, 1.165) is 17.8 Å². The zero-order valence-corrected chi connectivity index (χ0v) is 16.9. The summed E-state index contributed by atoms with van der Waals surface area (Å²) < 4.78 is 7.36. The highest BCUT2D eigenvalue weighted by atomic mass is 35.5. The number of para-hydroxylation sites is 1. The van der Waals surface area contributed by atoms with Crippen LogP contribution in [0.4, 0.5) is 0 Å². The molecule has 0 spiro atoms. The molecule has 1 heterocycles. The molecule has 4 saturated carbocycles. The Labute approximate surface area is 170 Å². The van der Waals surface area contributed by atoms with Crippen LogP contribution in [0.2, 0.25) is 5.02 Å². The molecule has 4 aliphatic carbocycles. The highest BCUT2D eigenvalue weighted by Gasteiger charge is 2.53. The molecule has 2 aromatic rings. The van der Waals surface area contributed by atoms with Crippen molar-refractivity contribution in [3.63, 3.8) is 0 Å². The van der Waals surface area contributed by atoms with Gasteiger partial charge in [-0.05, 0) is 74.5 Å². The zero-order chi connectivity index (χ0) is 19.3. The van der Waals surface area contributed by atoms with Gasteiger partial charge in [0.05, 0.1) is 5.02 Å². The Bertz CT molecular complexity index is 858. The van der Waals surface area contributed by atoms with Crippen LogP contribution in [-0.2, 0) is 6.73 Å². The van der Waals surface area contributed by atoms with E-state index in [2.05, 4.69) is 5.10 Å². The van der Waals surface area contributed by atoms with E-state index in [9.17, 15) is 4.79 Å². The van der Waals surface area contributed by atoms with E-state index in [1.54, 1.807) is 23.0 Å². The standard InChI is InChI=1S/C22H26ClN3O2/c1-25(22-11-15-8-16(12-22)10-17(9-15)13-22)21(27)19-6-7-26(24-19)14-28-20-5-3-2-4-18(20)23/h2-7,15-17H,8-14H2,1H3. The van der Waals surface area contributed by atoms with Gasteiger partial charge >= 0.3 is 0 Å². The van der Waals surface area contributed by atoms with Gasteiger partial charge in [-0.25, -0.2) is 4.68 Å². The van der Waals surface area contributed by atoms with E-state index in [-0.39, 0.29) is 18.2 Å². The Kier molecular flexibility index (Phi) is 4.38. The van der Waals surface area contributed by atoms with Crippen LogP contribution in [-0.4, -0.2) is 33.2 Å². The molecule has 6 rings (SSSR count). The minimum absolute atomic E-state index is 0.0263. The van der Waals surface area contributed by atoms with E-state index in [1.807, 2.05) is 30.1 Å². The molecular weight excluding hydrogens is 374 g/mol. The second-order valence-corrected chi connectivity index (χ2v) is 9.36. The number of aromatic nitrogens is 2. The third kappa shape index (κ3) is 3.10. The minimum atomic E-state index is 0.0263. The maximum absolute atomic E-state index is 13.2. The fourth-order valence-electron chi connectivity index (χ4n) is 6.11. The van der Waals surface area contributed by atoms with Gasteiger partial charge in [0.1, 0.15) is 5.75 Å². The summed E-state index contributed by atoms with van der Waals surface area (Å²) in [5, 5.41) is 5.02. The first kappa shape index (κ1) is 18.0. The summed E-state index contributed by atoms with van der Waals surface area (Å²) in [5.74, 6) is 3.06. The van der Waals surface area contributed by atoms with E-state index in [4.69, 9.17) is 16.3 Å². The summed E-state index contributed by atoms with van der Waals surface area (Å²) in [4.78, 5) is 15.2. The summed E-state index contributed by atoms with van der Waals surface area (Å²) in [6.07, 6.45) is 9.39. The van der Waals surface area contributed by atoms with Gasteiger partial charge in [0.2, 0.25) is 0 Å². The number of amides is 1. The number of hydrogen-bond donors (Lipinski definition) is 0. The summed E-state index contributed by atoms with van der Waals surface area (Å²) in [6.45, 7) is 0.220. The lowest BCUT2D eigenvalue weighted by atomic mass is 9.52. The average Bonchev–Trinajstić information content (AvgIpc) is 3.14. The molecule has 0 unspecified atom stereocenters. The van der Waals surface area contributed by atoms with E-state index >= 15 is 0 Å². The van der Waals surface area contributed by atoms with Crippen molar-refractivity contribution in [2.45, 2.75) is 50.8 Å². The summed E-state index contributed by atoms with van der Waals surface area (Å²) >= 11 is 6.12. The van der Waals surface area contributed by atoms with Crippen molar-refractivity contribution in [1.29, 1.82) is 0 Å². The van der Waals surface area contributed by atoms with Gasteiger partial charge in [-0.3, -0.25) is 4.79 Å². The molecule has 4 bridgehead atoms. The number of benzene rings is 1. The Morgan fingerprint density at radius 2 is 1.82 bits per heavy atom. The highest BCUT2D eigenvalue weighted by Crippen LogP contribution is 2.57. The molecule has 0 atom stereocenters. The van der Waals surface area contributed by atoms with E-state index in [0.29, 0.717) is 16.5 Å². The zero-order valence-electron chi connectivity index (χ0n) is 16.2. The van der Waals surface area contributed by atoms with Gasteiger partial charge in [-0.1, -0.05) is 23.7 Å². The quantitative estimate of drug-likeness (QED) is 0.737. The second kappa shape index (κ2) is 6.80. The third-order valence-electron chi connectivity index (χ3n) is 7.07. The normalized spacial score (nSPS) is 30.4. The van der Waals surface area contributed by atoms with Gasteiger partial charge in [-0.15, -0.1) is 0 Å². The summed E-state index contributed by atoms with van der Waals surface area (Å²) in [6, 6.07) is 9.13. The molecule has 28 heavy (non-hydrogen) atoms. The maximum atomic E-state index is 13.2. The molecule has 4 aliphatic rings. The van der Waals surface area contributed by atoms with Crippen LogP contribution in [0.25, 0.3) is 0 Å². The topological polar surface area (TPSA) is 47.4 Å². The number of rotatable bonds is 5. The first-order valence-electron chi connectivity index (χ1n) is 10.2. The Morgan fingerprint density at radius 3 is 2.46 bits per heavy atom. The van der Waals surface area contributed by atoms with Crippen molar-refractivity contribution in [2.24, 2.45) is 17.8 Å². The number of carbonyl (C=O) groups excluding carboxylic acids is 1. The number of ether oxygens (including phenoxy) is 1. The fourth-order valence-corrected chi connectivity index (χ4v) is 6.30. The maximum Gasteiger partial charge on any atom is 0.274 e. The molecule has 1 amide bonds. The van der Waals surface area contributed by atoms with Crippen molar-refractivity contribution < 1.29 is 9.53 Å². The van der Waals surface area contributed by atoms with Gasteiger partial charge in [0.15, 0.2) is 12.4 Å². The van der Waals surface area contributed by atoms with Crippen LogP contribution in [0, 0.1) is 17.8 Å². The fraction of sp³-hybridized carbons (Fsp3) is 0.545. The van der Waals surface area contributed by atoms with Crippen molar-refractivity contribution >= 4 is 17.5 Å². The molecule has 0 N–H and O–H groups in total. The minimum Gasteiger partial charge on any atom is -0.470 e. The van der Waals surface area contributed by atoms with Gasteiger partial charge < -0.3 is 9.64 Å².